The van der Waals surface area contributed by atoms with Gasteiger partial charge in [0.25, 0.3) is 0 Å². The van der Waals surface area contributed by atoms with Crippen LogP contribution in [0.4, 0.5) is 11.4 Å². The van der Waals surface area contributed by atoms with Crippen LogP contribution >= 0.6 is 0 Å². The van der Waals surface area contributed by atoms with Crippen LogP contribution < -0.4 is 4.90 Å². The van der Waals surface area contributed by atoms with E-state index in [1.54, 1.807) is 0 Å². The number of fused-ring (bicyclic) bond motifs is 2. The van der Waals surface area contributed by atoms with E-state index in [-0.39, 0.29) is 0 Å². The average molecular weight is 475 g/mol. The van der Waals surface area contributed by atoms with Crippen molar-refractivity contribution in [1.29, 1.82) is 0 Å². The molecule has 0 unspecified atom stereocenters. The Morgan fingerprint density at radius 3 is 2.15 bits per heavy atom. The molecule has 0 saturated carbocycles. The van der Waals surface area contributed by atoms with E-state index in [2.05, 4.69) is 119 Å². The van der Waals surface area contributed by atoms with Gasteiger partial charge in [-0.15, -0.1) is 0 Å². The van der Waals surface area contributed by atoms with E-state index in [9.17, 15) is 0 Å². The maximum absolute atomic E-state index is 6.95. The number of hydrogen-bond acceptors (Lipinski definition) is 3. The van der Waals surface area contributed by atoms with E-state index in [4.69, 9.17) is 4.43 Å². The van der Waals surface area contributed by atoms with Crippen molar-refractivity contribution in [3.63, 3.8) is 0 Å². The molecule has 0 bridgehead atoms. The third-order valence-corrected chi connectivity index (χ3v) is 13.9. The zero-order valence-electron chi connectivity index (χ0n) is 22.1. The Morgan fingerprint density at radius 1 is 0.794 bits per heavy atom. The molecule has 0 atom stereocenters. The molecule has 3 aromatic rings. The smallest absolute Gasteiger partial charge is 0.200 e. The Balaban J connectivity index is 1.69. The lowest BCUT2D eigenvalue weighted by atomic mass is 10.1. The molecule has 1 aliphatic heterocycles. The van der Waals surface area contributed by atoms with Crippen LogP contribution in [0.1, 0.15) is 52.7 Å². The number of likely N-dealkylation sites (N-methyl/N-ethyl adjacent to an activating group) is 1. The summed E-state index contributed by atoms with van der Waals surface area (Å²) in [5.74, 6) is 0. The van der Waals surface area contributed by atoms with Crippen molar-refractivity contribution >= 4 is 30.5 Å². The lowest BCUT2D eigenvalue weighted by Gasteiger charge is -2.42. The predicted octanol–water partition coefficient (Wildman–Crippen LogP) is 8.12. The Kier molecular flexibility index (Phi) is 7.51. The van der Waals surface area contributed by atoms with E-state index in [1.807, 2.05) is 0 Å². The monoisotopic (exact) mass is 474 g/mol. The molecule has 0 N–H and O–H groups in total. The van der Waals surface area contributed by atoms with Crippen LogP contribution in [0.3, 0.4) is 0 Å². The van der Waals surface area contributed by atoms with Gasteiger partial charge in [-0.25, -0.2) is 0 Å². The standard InChI is InChI=1S/C30H42N2OSi/c1-22(2)34(23(3)4,24(5)6)33-21-25-12-13-28-20-31(7)16-17-32(30(28)18-25)29-15-14-26-10-8-9-11-27(26)19-29/h8-15,18-19,22-24H,16-17,20-21H2,1-7H3. The maximum atomic E-state index is 6.95. The van der Waals surface area contributed by atoms with Crippen LogP contribution in [0.15, 0.2) is 60.7 Å². The number of rotatable bonds is 7. The average Bonchev–Trinajstić information content (AvgIpc) is 2.96. The van der Waals surface area contributed by atoms with E-state index in [0.717, 1.165) is 19.6 Å². The molecular formula is C30H42N2OSi. The van der Waals surface area contributed by atoms with Gasteiger partial charge in [0.05, 0.1) is 6.61 Å². The molecule has 4 rings (SSSR count). The molecule has 1 aliphatic rings. The summed E-state index contributed by atoms with van der Waals surface area (Å²) in [4.78, 5) is 4.93. The van der Waals surface area contributed by atoms with Crippen molar-refractivity contribution in [3.05, 3.63) is 71.8 Å². The van der Waals surface area contributed by atoms with E-state index in [1.165, 1.54) is 33.3 Å². The molecule has 0 amide bonds. The fourth-order valence-corrected chi connectivity index (χ4v) is 11.6. The zero-order chi connectivity index (χ0) is 24.5. The molecule has 0 spiro atoms. The van der Waals surface area contributed by atoms with Gasteiger partial charge in [0, 0.05) is 31.0 Å². The number of benzene rings is 3. The van der Waals surface area contributed by atoms with Crippen molar-refractivity contribution in [3.8, 4) is 0 Å². The summed E-state index contributed by atoms with van der Waals surface area (Å²) < 4.78 is 6.95. The first-order valence-corrected chi connectivity index (χ1v) is 15.1. The topological polar surface area (TPSA) is 15.7 Å². The highest BCUT2D eigenvalue weighted by Crippen LogP contribution is 2.43. The maximum Gasteiger partial charge on any atom is 0.200 e. The van der Waals surface area contributed by atoms with Crippen molar-refractivity contribution in [2.24, 2.45) is 0 Å². The number of anilines is 2. The van der Waals surface area contributed by atoms with Gasteiger partial charge in [-0.1, -0.05) is 84.0 Å². The zero-order valence-corrected chi connectivity index (χ0v) is 23.1. The molecule has 4 heteroatoms. The third kappa shape index (κ3) is 4.82. The van der Waals surface area contributed by atoms with Crippen molar-refractivity contribution in [1.82, 2.24) is 4.90 Å². The Hall–Kier alpha value is -2.14. The fourth-order valence-electron chi connectivity index (χ4n) is 6.17. The SMILES string of the molecule is CC(C)[Si](OCc1ccc2c(c1)N(c1ccc3ccccc3c1)CCN(C)C2)(C(C)C)C(C)C. The highest BCUT2D eigenvalue weighted by atomic mass is 28.4. The fraction of sp³-hybridized carbons (Fsp3) is 0.467. The lowest BCUT2D eigenvalue weighted by Crippen LogP contribution is -2.47. The molecule has 0 aromatic heterocycles. The van der Waals surface area contributed by atoms with Crippen LogP contribution in [-0.4, -0.2) is 33.4 Å². The van der Waals surface area contributed by atoms with Crippen LogP contribution in [-0.2, 0) is 17.6 Å². The van der Waals surface area contributed by atoms with Crippen LogP contribution in [0.2, 0.25) is 16.6 Å². The lowest BCUT2D eigenvalue weighted by molar-refractivity contribution is 0.266. The van der Waals surface area contributed by atoms with Gasteiger partial charge in [-0.2, -0.15) is 0 Å². The number of nitrogens with zero attached hydrogens (tertiary/aromatic N) is 2. The first-order chi connectivity index (χ1) is 16.2. The first-order valence-electron chi connectivity index (χ1n) is 12.9. The molecule has 0 radical (unpaired) electrons. The molecule has 3 aromatic carbocycles. The van der Waals surface area contributed by atoms with E-state index in [0.29, 0.717) is 23.2 Å². The highest BCUT2D eigenvalue weighted by molar-refractivity contribution is 6.77. The second kappa shape index (κ2) is 10.2. The van der Waals surface area contributed by atoms with Crippen LogP contribution in [0.5, 0.6) is 0 Å². The van der Waals surface area contributed by atoms with Gasteiger partial charge in [0.15, 0.2) is 0 Å². The molecule has 182 valence electrons. The summed E-state index contributed by atoms with van der Waals surface area (Å²) in [6.07, 6.45) is 0. The molecule has 0 aliphatic carbocycles. The summed E-state index contributed by atoms with van der Waals surface area (Å²) in [6.45, 7) is 17.9. The second-order valence-electron chi connectivity index (χ2n) is 11.0. The van der Waals surface area contributed by atoms with Gasteiger partial charge < -0.3 is 14.2 Å². The minimum Gasteiger partial charge on any atom is -0.412 e. The van der Waals surface area contributed by atoms with E-state index < -0.39 is 8.32 Å². The normalized spacial score (nSPS) is 15.4. The Labute approximate surface area is 207 Å². The molecule has 0 saturated heterocycles. The quantitative estimate of drug-likeness (QED) is 0.322. The number of hydrogen-bond donors (Lipinski definition) is 0. The van der Waals surface area contributed by atoms with Gasteiger partial charge in [0.1, 0.15) is 0 Å². The largest absolute Gasteiger partial charge is 0.412 e. The molecule has 1 heterocycles. The van der Waals surface area contributed by atoms with Crippen molar-refractivity contribution in [2.75, 3.05) is 25.0 Å². The van der Waals surface area contributed by atoms with Crippen LogP contribution in [0.25, 0.3) is 10.8 Å². The Morgan fingerprint density at radius 2 is 1.47 bits per heavy atom. The van der Waals surface area contributed by atoms with Crippen molar-refractivity contribution in [2.45, 2.75) is 71.3 Å². The summed E-state index contributed by atoms with van der Waals surface area (Å²) in [5, 5.41) is 2.58. The molecule has 34 heavy (non-hydrogen) atoms. The summed E-state index contributed by atoms with van der Waals surface area (Å²) >= 11 is 0. The first kappa shape index (κ1) is 25.0. The van der Waals surface area contributed by atoms with Gasteiger partial charge >= 0.3 is 0 Å². The van der Waals surface area contributed by atoms with Crippen LogP contribution in [0, 0.1) is 0 Å². The van der Waals surface area contributed by atoms with E-state index >= 15 is 0 Å². The van der Waals surface area contributed by atoms with Gasteiger partial charge in [-0.3, -0.25) is 0 Å². The Bertz CT molecular complexity index is 1100. The van der Waals surface area contributed by atoms with Gasteiger partial charge in [0.2, 0.25) is 8.32 Å². The molecule has 0 fully saturated rings. The predicted molar refractivity (Wildman–Crippen MR) is 150 cm³/mol. The molecule has 3 nitrogen and oxygen atoms in total. The molecular weight excluding hydrogens is 432 g/mol. The third-order valence-electron chi connectivity index (χ3n) is 7.83. The summed E-state index contributed by atoms with van der Waals surface area (Å²) in [6, 6.07) is 22.5. The highest BCUT2D eigenvalue weighted by Gasteiger charge is 2.45. The minimum atomic E-state index is -1.90. The summed E-state index contributed by atoms with van der Waals surface area (Å²) in [5.41, 5.74) is 7.04. The summed E-state index contributed by atoms with van der Waals surface area (Å²) in [7, 11) is 0.321. The second-order valence-corrected chi connectivity index (χ2v) is 16.5. The van der Waals surface area contributed by atoms with Crippen molar-refractivity contribution < 1.29 is 4.43 Å². The minimum absolute atomic E-state index is 0.594. The van der Waals surface area contributed by atoms with Gasteiger partial charge in [-0.05, 0) is 63.8 Å².